The van der Waals surface area contributed by atoms with Gasteiger partial charge in [-0.1, -0.05) is 74.0 Å². The largest absolute Gasteiger partial charge is 0.448 e. The summed E-state index contributed by atoms with van der Waals surface area (Å²) in [4.78, 5) is 14.9. The Morgan fingerprint density at radius 2 is 1.63 bits per heavy atom. The number of unbranched alkanes of at least 4 members (excludes halogenated alkanes) is 1. The van der Waals surface area contributed by atoms with Gasteiger partial charge in [-0.15, -0.1) is 0 Å². The molecule has 0 saturated heterocycles. The molecule has 0 saturated carbocycles. The number of fused-ring (bicyclic) bond motifs is 3. The standard InChI is InChI=1S/C26H26INO2/c1-2-3-15-28(17-19-9-8-10-20(27)16-19)26(29)30-18-25-23-13-6-4-11-21(23)22-12-5-7-14-24(22)25/h4-14,16,25H,2-3,15,17-18H2,1H3. The predicted molar refractivity (Wildman–Crippen MR) is 130 cm³/mol. The lowest BCUT2D eigenvalue weighted by molar-refractivity contribution is 0.0966. The Morgan fingerprint density at radius 3 is 2.27 bits per heavy atom. The van der Waals surface area contributed by atoms with E-state index in [-0.39, 0.29) is 12.0 Å². The van der Waals surface area contributed by atoms with E-state index in [0.717, 1.165) is 18.4 Å². The molecule has 0 spiro atoms. The van der Waals surface area contributed by atoms with E-state index in [1.165, 1.54) is 25.8 Å². The van der Waals surface area contributed by atoms with E-state index in [0.29, 0.717) is 19.7 Å². The second kappa shape index (κ2) is 9.65. The van der Waals surface area contributed by atoms with Gasteiger partial charge in [0.25, 0.3) is 0 Å². The molecule has 0 bridgehead atoms. The first-order valence-electron chi connectivity index (χ1n) is 10.5. The van der Waals surface area contributed by atoms with Crippen LogP contribution < -0.4 is 0 Å². The fraction of sp³-hybridized carbons (Fsp3) is 0.269. The third-order valence-electron chi connectivity index (χ3n) is 5.64. The number of hydrogen-bond acceptors (Lipinski definition) is 2. The number of rotatable bonds is 7. The molecule has 1 amide bonds. The minimum absolute atomic E-state index is 0.0899. The van der Waals surface area contributed by atoms with Gasteiger partial charge in [0.2, 0.25) is 0 Å². The molecule has 1 aliphatic rings. The lowest BCUT2D eigenvalue weighted by Gasteiger charge is -2.23. The maximum Gasteiger partial charge on any atom is 0.410 e. The van der Waals surface area contributed by atoms with Crippen LogP contribution in [0.3, 0.4) is 0 Å². The Bertz CT molecular complexity index is 987. The van der Waals surface area contributed by atoms with Crippen LogP contribution in [0.15, 0.2) is 72.8 Å². The number of halogens is 1. The van der Waals surface area contributed by atoms with Gasteiger partial charge in [0.1, 0.15) is 6.61 Å². The van der Waals surface area contributed by atoms with Gasteiger partial charge in [0, 0.05) is 22.6 Å². The van der Waals surface area contributed by atoms with Gasteiger partial charge in [0.05, 0.1) is 0 Å². The van der Waals surface area contributed by atoms with Crippen LogP contribution in [-0.4, -0.2) is 24.1 Å². The maximum absolute atomic E-state index is 13.0. The smallest absolute Gasteiger partial charge is 0.410 e. The summed E-state index contributed by atoms with van der Waals surface area (Å²) in [6.45, 7) is 3.79. The molecule has 154 valence electrons. The Hall–Kier alpha value is -2.34. The van der Waals surface area contributed by atoms with E-state index in [1.54, 1.807) is 0 Å². The van der Waals surface area contributed by atoms with Gasteiger partial charge < -0.3 is 9.64 Å². The number of amides is 1. The summed E-state index contributed by atoms with van der Waals surface area (Å²) in [5.41, 5.74) is 6.10. The minimum Gasteiger partial charge on any atom is -0.448 e. The van der Waals surface area contributed by atoms with Crippen molar-refractivity contribution in [1.82, 2.24) is 4.90 Å². The molecular weight excluding hydrogens is 485 g/mol. The number of hydrogen-bond donors (Lipinski definition) is 0. The van der Waals surface area contributed by atoms with Gasteiger partial charge in [-0.05, 0) is 69.0 Å². The normalized spacial score (nSPS) is 12.3. The predicted octanol–water partition coefficient (Wildman–Crippen LogP) is 6.84. The summed E-state index contributed by atoms with van der Waals surface area (Å²) < 4.78 is 7.06. The molecular formula is C26H26INO2. The van der Waals surface area contributed by atoms with Crippen LogP contribution in [0.1, 0.15) is 42.4 Å². The SMILES string of the molecule is CCCCN(Cc1cccc(I)c1)C(=O)OCC1c2ccccc2-c2ccccc21. The highest BCUT2D eigenvalue weighted by Crippen LogP contribution is 2.44. The lowest BCUT2D eigenvalue weighted by atomic mass is 9.98. The molecule has 0 heterocycles. The van der Waals surface area contributed by atoms with E-state index in [1.807, 2.05) is 11.0 Å². The molecule has 0 aliphatic heterocycles. The summed E-state index contributed by atoms with van der Waals surface area (Å²) in [6, 6.07) is 25.1. The highest BCUT2D eigenvalue weighted by Gasteiger charge is 2.29. The number of ether oxygens (including phenoxy) is 1. The fourth-order valence-corrected chi connectivity index (χ4v) is 4.73. The van der Waals surface area contributed by atoms with Crippen molar-refractivity contribution in [1.29, 1.82) is 0 Å². The number of carbonyl (C=O) groups is 1. The van der Waals surface area contributed by atoms with Crippen LogP contribution >= 0.6 is 22.6 Å². The van der Waals surface area contributed by atoms with Gasteiger partial charge in [-0.25, -0.2) is 4.79 Å². The zero-order valence-electron chi connectivity index (χ0n) is 17.2. The second-order valence-corrected chi connectivity index (χ2v) is 8.95. The Morgan fingerprint density at radius 1 is 0.967 bits per heavy atom. The van der Waals surface area contributed by atoms with E-state index in [2.05, 4.69) is 96.2 Å². The van der Waals surface area contributed by atoms with Gasteiger partial charge in [0.15, 0.2) is 0 Å². The number of carbonyl (C=O) groups excluding carboxylic acids is 1. The molecule has 3 aromatic rings. The molecule has 3 nitrogen and oxygen atoms in total. The third kappa shape index (κ3) is 4.53. The minimum atomic E-state index is -0.232. The van der Waals surface area contributed by atoms with E-state index >= 15 is 0 Å². The highest BCUT2D eigenvalue weighted by molar-refractivity contribution is 14.1. The summed E-state index contributed by atoms with van der Waals surface area (Å²) in [5.74, 6) is 0.0899. The molecule has 4 rings (SSSR count). The van der Waals surface area contributed by atoms with Crippen molar-refractivity contribution in [2.45, 2.75) is 32.2 Å². The average Bonchev–Trinajstić information content (AvgIpc) is 3.09. The topological polar surface area (TPSA) is 29.5 Å². The molecule has 0 aromatic heterocycles. The molecule has 0 N–H and O–H groups in total. The van der Waals surface area contributed by atoms with E-state index in [4.69, 9.17) is 4.74 Å². The molecule has 1 aliphatic carbocycles. The van der Waals surface area contributed by atoms with Crippen molar-refractivity contribution in [3.05, 3.63) is 93.1 Å². The molecule has 3 aromatic carbocycles. The average molecular weight is 511 g/mol. The highest BCUT2D eigenvalue weighted by atomic mass is 127. The zero-order valence-corrected chi connectivity index (χ0v) is 19.3. The van der Waals surface area contributed by atoms with Crippen molar-refractivity contribution in [3.8, 4) is 11.1 Å². The van der Waals surface area contributed by atoms with E-state index < -0.39 is 0 Å². The lowest BCUT2D eigenvalue weighted by Crippen LogP contribution is -2.33. The molecule has 0 radical (unpaired) electrons. The van der Waals surface area contributed by atoms with Crippen LogP contribution in [0, 0.1) is 3.57 Å². The first-order chi connectivity index (χ1) is 14.7. The van der Waals surface area contributed by atoms with Gasteiger partial charge >= 0.3 is 6.09 Å². The molecule has 0 atom stereocenters. The van der Waals surface area contributed by atoms with Crippen molar-refractivity contribution in [2.75, 3.05) is 13.2 Å². The Kier molecular flexibility index (Phi) is 6.72. The van der Waals surface area contributed by atoms with Crippen LogP contribution in [0.2, 0.25) is 0 Å². The molecule has 4 heteroatoms. The summed E-state index contributed by atoms with van der Waals surface area (Å²) >= 11 is 2.31. The van der Waals surface area contributed by atoms with Crippen LogP contribution in [0.25, 0.3) is 11.1 Å². The monoisotopic (exact) mass is 511 g/mol. The number of nitrogens with zero attached hydrogens (tertiary/aromatic N) is 1. The Balaban J connectivity index is 1.49. The van der Waals surface area contributed by atoms with Crippen molar-refractivity contribution >= 4 is 28.7 Å². The Labute approximate surface area is 192 Å². The second-order valence-electron chi connectivity index (χ2n) is 7.71. The van der Waals surface area contributed by atoms with Crippen LogP contribution in [0.4, 0.5) is 4.79 Å². The first kappa shape index (κ1) is 20.9. The summed E-state index contributed by atoms with van der Waals surface area (Å²) in [5, 5.41) is 0. The van der Waals surface area contributed by atoms with Crippen LogP contribution in [0.5, 0.6) is 0 Å². The third-order valence-corrected chi connectivity index (χ3v) is 6.31. The van der Waals surface area contributed by atoms with Crippen molar-refractivity contribution in [2.24, 2.45) is 0 Å². The molecule has 30 heavy (non-hydrogen) atoms. The molecule has 0 fully saturated rings. The maximum atomic E-state index is 13.0. The fourth-order valence-electron chi connectivity index (χ4n) is 4.12. The summed E-state index contributed by atoms with van der Waals surface area (Å²) in [6.07, 6.45) is 1.78. The van der Waals surface area contributed by atoms with Crippen LogP contribution in [-0.2, 0) is 11.3 Å². The summed E-state index contributed by atoms with van der Waals surface area (Å²) in [7, 11) is 0. The zero-order chi connectivity index (χ0) is 20.9. The first-order valence-corrected chi connectivity index (χ1v) is 11.6. The van der Waals surface area contributed by atoms with Crippen molar-refractivity contribution < 1.29 is 9.53 Å². The number of benzene rings is 3. The quantitative estimate of drug-likeness (QED) is 0.325. The van der Waals surface area contributed by atoms with Gasteiger partial charge in [-0.3, -0.25) is 0 Å². The molecule has 0 unspecified atom stereocenters. The van der Waals surface area contributed by atoms with E-state index in [9.17, 15) is 4.79 Å². The van der Waals surface area contributed by atoms with Crippen molar-refractivity contribution in [3.63, 3.8) is 0 Å². The van der Waals surface area contributed by atoms with Gasteiger partial charge in [-0.2, -0.15) is 0 Å².